The number of aromatic nitrogens is 2. The summed E-state index contributed by atoms with van der Waals surface area (Å²) in [4.78, 5) is 15.1. The quantitative estimate of drug-likeness (QED) is 0.476. The monoisotopic (exact) mass is 477 g/mol. The van der Waals surface area contributed by atoms with Gasteiger partial charge in [-0.05, 0) is 49.1 Å². The van der Waals surface area contributed by atoms with Crippen molar-refractivity contribution < 1.29 is 26.7 Å². The number of carbonyl (C=O) groups is 1. The van der Waals surface area contributed by atoms with E-state index in [4.69, 9.17) is 4.74 Å². The van der Waals surface area contributed by atoms with E-state index in [1.165, 1.54) is 37.4 Å². The number of hydrogen-bond acceptors (Lipinski definition) is 5. The van der Waals surface area contributed by atoms with Crippen molar-refractivity contribution in [2.45, 2.75) is 37.1 Å². The Labute approximate surface area is 191 Å². The second-order valence-corrected chi connectivity index (χ2v) is 10.3. The van der Waals surface area contributed by atoms with Crippen molar-refractivity contribution >= 4 is 33.0 Å². The van der Waals surface area contributed by atoms with Gasteiger partial charge in [0.1, 0.15) is 6.29 Å². The highest BCUT2D eigenvalue weighted by atomic mass is 32.2. The first-order valence-corrected chi connectivity index (χ1v) is 12.1. The fraction of sp³-hybridized carbons (Fsp3) is 0.391. The minimum absolute atomic E-state index is 0.0153. The van der Waals surface area contributed by atoms with Crippen LogP contribution in [0.25, 0.3) is 11.0 Å². The summed E-state index contributed by atoms with van der Waals surface area (Å²) in [5.74, 6) is -3.28. The second kappa shape index (κ2) is 8.83. The number of halogens is 2. The van der Waals surface area contributed by atoms with E-state index < -0.39 is 15.9 Å². The first kappa shape index (κ1) is 23.3. The molecule has 0 radical (unpaired) electrons. The second-order valence-electron chi connectivity index (χ2n) is 8.32. The van der Waals surface area contributed by atoms with Crippen LogP contribution < -0.4 is 4.31 Å². The maximum atomic E-state index is 14.4. The van der Waals surface area contributed by atoms with Crippen LogP contribution in [0, 0.1) is 5.92 Å². The fourth-order valence-electron chi connectivity index (χ4n) is 4.04. The van der Waals surface area contributed by atoms with Gasteiger partial charge in [0, 0.05) is 39.3 Å². The van der Waals surface area contributed by atoms with E-state index in [0.29, 0.717) is 48.3 Å². The Kier molecular flexibility index (Phi) is 6.24. The van der Waals surface area contributed by atoms with Crippen LogP contribution in [0.5, 0.6) is 0 Å². The van der Waals surface area contributed by atoms with Crippen LogP contribution in [-0.4, -0.2) is 44.5 Å². The fourth-order valence-corrected chi connectivity index (χ4v) is 5.22. The number of hydrogen-bond donors (Lipinski definition) is 0. The third-order valence-electron chi connectivity index (χ3n) is 5.94. The minimum Gasteiger partial charge on any atom is -0.381 e. The predicted molar refractivity (Wildman–Crippen MR) is 120 cm³/mol. The molecule has 1 aromatic heterocycles. The normalized spacial score (nSPS) is 15.6. The highest BCUT2D eigenvalue weighted by Gasteiger charge is 2.33. The molecule has 4 rings (SSSR count). The number of imidazole rings is 1. The first-order chi connectivity index (χ1) is 15.6. The number of ether oxygens (including phenoxy) is 1. The molecule has 0 aliphatic carbocycles. The summed E-state index contributed by atoms with van der Waals surface area (Å²) in [5.41, 5.74) is 1.49. The Hall–Kier alpha value is -2.85. The lowest BCUT2D eigenvalue weighted by Gasteiger charge is -2.24. The highest BCUT2D eigenvalue weighted by Crippen LogP contribution is 2.33. The molecule has 0 atom stereocenters. The first-order valence-electron chi connectivity index (χ1n) is 10.6. The van der Waals surface area contributed by atoms with Crippen molar-refractivity contribution in [1.29, 1.82) is 0 Å². The van der Waals surface area contributed by atoms with Crippen LogP contribution in [0.15, 0.2) is 47.4 Å². The van der Waals surface area contributed by atoms with Gasteiger partial charge in [0.05, 0.1) is 21.6 Å². The van der Waals surface area contributed by atoms with Crippen LogP contribution >= 0.6 is 0 Å². The lowest BCUT2D eigenvalue weighted by molar-refractivity contribution is 0.00222. The summed E-state index contributed by atoms with van der Waals surface area (Å²) in [5, 5.41) is 0. The molecule has 0 amide bonds. The number of sulfonamides is 1. The van der Waals surface area contributed by atoms with E-state index in [1.54, 1.807) is 16.7 Å². The van der Waals surface area contributed by atoms with Crippen LogP contribution in [0.3, 0.4) is 0 Å². The molecule has 1 aliphatic rings. The van der Waals surface area contributed by atoms with Crippen molar-refractivity contribution in [2.24, 2.45) is 5.92 Å². The third kappa shape index (κ3) is 4.63. The Morgan fingerprint density at radius 1 is 1.18 bits per heavy atom. The van der Waals surface area contributed by atoms with Gasteiger partial charge in [0.15, 0.2) is 5.82 Å². The summed E-state index contributed by atoms with van der Waals surface area (Å²) < 4.78 is 62.9. The Morgan fingerprint density at radius 2 is 1.85 bits per heavy atom. The molecule has 7 nitrogen and oxygen atoms in total. The molecule has 0 bridgehead atoms. The molecule has 0 saturated carbocycles. The van der Waals surface area contributed by atoms with Crippen LogP contribution in [0.4, 0.5) is 14.5 Å². The topological polar surface area (TPSA) is 81.5 Å². The van der Waals surface area contributed by atoms with Crippen molar-refractivity contribution in [1.82, 2.24) is 9.55 Å². The average Bonchev–Trinajstić information content (AvgIpc) is 3.17. The molecule has 3 aromatic rings. The van der Waals surface area contributed by atoms with E-state index >= 15 is 0 Å². The van der Waals surface area contributed by atoms with E-state index in [-0.39, 0.29) is 16.6 Å². The zero-order valence-electron chi connectivity index (χ0n) is 18.4. The van der Waals surface area contributed by atoms with E-state index in [2.05, 4.69) is 4.98 Å². The zero-order valence-corrected chi connectivity index (χ0v) is 19.2. The number of carbonyl (C=O) groups excluding carboxylic acids is 1. The van der Waals surface area contributed by atoms with E-state index in [0.717, 1.165) is 24.1 Å². The number of benzene rings is 2. The van der Waals surface area contributed by atoms with Gasteiger partial charge in [-0.3, -0.25) is 9.10 Å². The molecule has 1 fully saturated rings. The van der Waals surface area contributed by atoms with Crippen molar-refractivity contribution in [3.63, 3.8) is 0 Å². The largest absolute Gasteiger partial charge is 0.381 e. The summed E-state index contributed by atoms with van der Waals surface area (Å²) in [7, 11) is -2.53. The van der Waals surface area contributed by atoms with Gasteiger partial charge in [0.25, 0.3) is 10.0 Å². The molecule has 0 spiro atoms. The molecule has 10 heteroatoms. The van der Waals surface area contributed by atoms with Crippen LogP contribution in [0.1, 0.15) is 35.9 Å². The molecular formula is C23H25F2N3O4S. The smallest absolute Gasteiger partial charge is 0.302 e. The van der Waals surface area contributed by atoms with Gasteiger partial charge in [-0.25, -0.2) is 13.4 Å². The summed E-state index contributed by atoms with van der Waals surface area (Å²) >= 11 is 0. The van der Waals surface area contributed by atoms with Crippen LogP contribution in [-0.2, 0) is 27.2 Å². The molecule has 2 heterocycles. The Bertz CT molecular complexity index is 1260. The molecule has 1 saturated heterocycles. The number of nitrogens with zero attached hydrogens (tertiary/aromatic N) is 3. The standard InChI is InChI=1S/C23H25F2N3O4S/c1-23(24,25)22-26-20-13-18(5-8-21(20)28(22)14-16-9-11-32-12-10-16)27(2)33(30,31)19-6-3-17(15-29)4-7-19/h3-8,13,15-16H,9-12,14H2,1-2H3. The van der Waals surface area contributed by atoms with Gasteiger partial charge < -0.3 is 9.30 Å². The maximum Gasteiger partial charge on any atom is 0.302 e. The minimum atomic E-state index is -3.92. The predicted octanol–water partition coefficient (Wildman–Crippen LogP) is 4.21. The van der Waals surface area contributed by atoms with Crippen molar-refractivity contribution in [3.05, 3.63) is 53.9 Å². The number of aldehydes is 1. The average molecular weight is 478 g/mol. The molecule has 33 heavy (non-hydrogen) atoms. The Morgan fingerprint density at radius 3 is 2.45 bits per heavy atom. The van der Waals surface area contributed by atoms with E-state index in [1.807, 2.05) is 0 Å². The molecule has 176 valence electrons. The maximum absolute atomic E-state index is 14.4. The lowest BCUT2D eigenvalue weighted by Crippen LogP contribution is -2.26. The third-order valence-corrected chi connectivity index (χ3v) is 7.74. The van der Waals surface area contributed by atoms with Crippen molar-refractivity contribution in [3.8, 4) is 0 Å². The summed E-state index contributed by atoms with van der Waals surface area (Å²) in [6, 6.07) is 10.3. The van der Waals surface area contributed by atoms with Gasteiger partial charge in [-0.2, -0.15) is 8.78 Å². The lowest BCUT2D eigenvalue weighted by atomic mass is 10.00. The molecule has 2 aromatic carbocycles. The van der Waals surface area contributed by atoms with Gasteiger partial charge in [-0.15, -0.1) is 0 Å². The molecule has 0 N–H and O–H groups in total. The van der Waals surface area contributed by atoms with Gasteiger partial charge in [0.2, 0.25) is 0 Å². The van der Waals surface area contributed by atoms with Gasteiger partial charge >= 0.3 is 5.92 Å². The number of fused-ring (bicyclic) bond motifs is 1. The Balaban J connectivity index is 1.71. The summed E-state index contributed by atoms with van der Waals surface area (Å²) in [6.45, 7) is 2.43. The summed E-state index contributed by atoms with van der Waals surface area (Å²) in [6.07, 6.45) is 2.21. The molecule has 0 unspecified atom stereocenters. The molecule has 1 aliphatic heterocycles. The van der Waals surface area contributed by atoms with Crippen molar-refractivity contribution in [2.75, 3.05) is 24.6 Å². The SMILES string of the molecule is CN(c1ccc2c(c1)nc(C(C)(F)F)n2CC1CCOCC1)S(=O)(=O)c1ccc(C=O)cc1. The number of rotatable bonds is 7. The number of alkyl halides is 2. The zero-order chi connectivity index (χ0) is 23.8. The van der Waals surface area contributed by atoms with Crippen LogP contribution in [0.2, 0.25) is 0 Å². The van der Waals surface area contributed by atoms with Gasteiger partial charge in [-0.1, -0.05) is 12.1 Å². The number of anilines is 1. The van der Waals surface area contributed by atoms with E-state index in [9.17, 15) is 22.0 Å². The molecular weight excluding hydrogens is 452 g/mol. The highest BCUT2D eigenvalue weighted by molar-refractivity contribution is 7.92.